The molecule has 1 aromatic carbocycles. The van der Waals surface area contributed by atoms with E-state index < -0.39 is 5.97 Å². The smallest absolute Gasteiger partial charge is 0.339 e. The highest BCUT2D eigenvalue weighted by Crippen LogP contribution is 2.60. The Labute approximate surface area is 185 Å². The zero-order valence-corrected chi connectivity index (χ0v) is 18.9. The number of ketones is 1. The maximum Gasteiger partial charge on any atom is 0.339 e. The number of hydrogen-bond acceptors (Lipinski definition) is 6. The SMILES string of the molecule is Cc1nc(CSc2ccccc2C(=O)OCC(=O)C23CC4CC(CC(C4)C2)C3)cs1. The van der Waals surface area contributed by atoms with Crippen molar-refractivity contribution in [2.45, 2.75) is 56.1 Å². The average molecular weight is 442 g/mol. The summed E-state index contributed by atoms with van der Waals surface area (Å²) < 4.78 is 5.56. The summed E-state index contributed by atoms with van der Waals surface area (Å²) in [5.41, 5.74) is 1.33. The Morgan fingerprint density at radius 2 is 1.80 bits per heavy atom. The number of aromatic nitrogens is 1. The fourth-order valence-corrected chi connectivity index (χ4v) is 7.85. The number of thiazole rings is 1. The molecule has 1 heterocycles. The highest BCUT2D eigenvalue weighted by atomic mass is 32.2. The van der Waals surface area contributed by atoms with Gasteiger partial charge in [0.1, 0.15) is 0 Å². The normalized spacial score (nSPS) is 29.2. The van der Waals surface area contributed by atoms with E-state index in [9.17, 15) is 9.59 Å². The molecule has 30 heavy (non-hydrogen) atoms. The minimum absolute atomic E-state index is 0.0880. The third-order valence-corrected chi connectivity index (χ3v) is 9.04. The van der Waals surface area contributed by atoms with Crippen LogP contribution in [0.25, 0.3) is 0 Å². The van der Waals surface area contributed by atoms with Gasteiger partial charge in [0.05, 0.1) is 16.3 Å². The Bertz CT molecular complexity index is 932. The van der Waals surface area contributed by atoms with E-state index in [1.165, 1.54) is 19.3 Å². The molecular formula is C24H27NO3S2. The van der Waals surface area contributed by atoms with Gasteiger partial charge >= 0.3 is 5.97 Å². The minimum Gasteiger partial charge on any atom is -0.454 e. The molecule has 6 heteroatoms. The molecule has 0 amide bonds. The number of Topliss-reactive ketones (excluding diaryl/α,β-unsaturated/α-hetero) is 1. The van der Waals surface area contributed by atoms with E-state index in [0.717, 1.165) is 34.9 Å². The molecule has 4 bridgehead atoms. The molecule has 0 radical (unpaired) electrons. The molecule has 0 atom stereocenters. The van der Waals surface area contributed by atoms with Gasteiger partial charge in [-0.05, 0) is 75.3 Å². The maximum absolute atomic E-state index is 13.1. The summed E-state index contributed by atoms with van der Waals surface area (Å²) >= 11 is 3.21. The summed E-state index contributed by atoms with van der Waals surface area (Å²) in [6, 6.07) is 7.48. The van der Waals surface area contributed by atoms with E-state index >= 15 is 0 Å². The Balaban J connectivity index is 1.22. The number of ether oxygens (including phenoxy) is 1. The molecule has 6 rings (SSSR count). The number of thioether (sulfide) groups is 1. The molecule has 0 saturated heterocycles. The summed E-state index contributed by atoms with van der Waals surface area (Å²) in [4.78, 5) is 31.3. The lowest BCUT2D eigenvalue weighted by Crippen LogP contribution is -2.51. The second-order valence-electron chi connectivity index (χ2n) is 9.34. The highest BCUT2D eigenvalue weighted by Gasteiger charge is 2.54. The Kier molecular flexibility index (Phi) is 5.48. The number of hydrogen-bond donors (Lipinski definition) is 0. The number of aryl methyl sites for hydroxylation is 1. The molecule has 0 unspecified atom stereocenters. The van der Waals surface area contributed by atoms with Gasteiger partial charge in [-0.25, -0.2) is 9.78 Å². The molecule has 4 aliphatic rings. The summed E-state index contributed by atoms with van der Waals surface area (Å²) in [7, 11) is 0. The monoisotopic (exact) mass is 441 g/mol. The maximum atomic E-state index is 13.1. The van der Waals surface area contributed by atoms with Crippen LogP contribution >= 0.6 is 23.1 Å². The van der Waals surface area contributed by atoms with Crippen LogP contribution in [0.15, 0.2) is 34.5 Å². The van der Waals surface area contributed by atoms with Crippen LogP contribution < -0.4 is 0 Å². The number of carbonyl (C=O) groups is 2. The second kappa shape index (κ2) is 8.12. The molecule has 0 N–H and O–H groups in total. The van der Waals surface area contributed by atoms with Gasteiger partial charge in [0.25, 0.3) is 0 Å². The first kappa shape index (κ1) is 20.3. The standard InChI is InChI=1S/C24H27NO3S2/c1-15-25-19(13-29-15)14-30-21-5-3-2-4-20(21)23(27)28-12-22(26)24-9-16-6-17(10-24)8-18(7-16)11-24/h2-5,13,16-18H,6-12,14H2,1H3. The van der Waals surface area contributed by atoms with E-state index in [1.54, 1.807) is 29.2 Å². The number of rotatable bonds is 7. The summed E-state index contributed by atoms with van der Waals surface area (Å²) in [6.07, 6.45) is 6.93. The third-order valence-electron chi connectivity index (χ3n) is 7.11. The molecule has 2 aromatic rings. The average Bonchev–Trinajstić information content (AvgIpc) is 3.14. The first-order valence-electron chi connectivity index (χ1n) is 10.8. The summed E-state index contributed by atoms with van der Waals surface area (Å²) in [6.45, 7) is 1.90. The number of nitrogens with zero attached hydrogens (tertiary/aromatic N) is 1. The lowest BCUT2D eigenvalue weighted by Gasteiger charge is -2.55. The minimum atomic E-state index is -0.398. The fourth-order valence-electron chi connectivity index (χ4n) is 6.20. The first-order valence-corrected chi connectivity index (χ1v) is 12.7. The van der Waals surface area contributed by atoms with Crippen molar-refractivity contribution in [2.75, 3.05) is 6.61 Å². The number of benzene rings is 1. The molecule has 4 saturated carbocycles. The van der Waals surface area contributed by atoms with Crippen molar-refractivity contribution < 1.29 is 14.3 Å². The topological polar surface area (TPSA) is 56.3 Å². The zero-order valence-electron chi connectivity index (χ0n) is 17.3. The molecular weight excluding hydrogens is 414 g/mol. The molecule has 158 valence electrons. The van der Waals surface area contributed by atoms with Gasteiger partial charge in [0, 0.05) is 21.4 Å². The van der Waals surface area contributed by atoms with Crippen LogP contribution in [-0.4, -0.2) is 23.3 Å². The Morgan fingerprint density at radius 1 is 1.13 bits per heavy atom. The van der Waals surface area contributed by atoms with Crippen molar-refractivity contribution in [1.29, 1.82) is 0 Å². The van der Waals surface area contributed by atoms with Crippen molar-refractivity contribution in [3.63, 3.8) is 0 Å². The highest BCUT2D eigenvalue weighted by molar-refractivity contribution is 7.98. The second-order valence-corrected chi connectivity index (χ2v) is 11.4. The number of esters is 1. The van der Waals surface area contributed by atoms with Crippen molar-refractivity contribution in [3.05, 3.63) is 45.9 Å². The summed E-state index contributed by atoms with van der Waals surface area (Å²) in [5.74, 6) is 2.59. The molecule has 4 fully saturated rings. The predicted octanol–water partition coefficient (Wildman–Crippen LogP) is 5.69. The lowest BCUT2D eigenvalue weighted by atomic mass is 9.48. The van der Waals surface area contributed by atoms with E-state index in [1.807, 2.05) is 30.5 Å². The van der Waals surface area contributed by atoms with E-state index in [-0.39, 0.29) is 17.8 Å². The quantitative estimate of drug-likeness (QED) is 0.408. The molecule has 0 spiro atoms. The van der Waals surface area contributed by atoms with Crippen LogP contribution in [0.1, 0.15) is 59.6 Å². The fraction of sp³-hybridized carbons (Fsp3) is 0.542. The number of carbonyl (C=O) groups excluding carboxylic acids is 2. The van der Waals surface area contributed by atoms with Crippen LogP contribution in [0, 0.1) is 30.1 Å². The van der Waals surface area contributed by atoms with Crippen molar-refractivity contribution in [3.8, 4) is 0 Å². The van der Waals surface area contributed by atoms with Crippen LogP contribution in [0.3, 0.4) is 0 Å². The van der Waals surface area contributed by atoms with Crippen molar-refractivity contribution in [1.82, 2.24) is 4.98 Å². The van der Waals surface area contributed by atoms with Crippen molar-refractivity contribution in [2.24, 2.45) is 23.2 Å². The molecule has 1 aromatic heterocycles. The third kappa shape index (κ3) is 3.96. The van der Waals surface area contributed by atoms with Crippen LogP contribution in [0.5, 0.6) is 0 Å². The van der Waals surface area contributed by atoms with Crippen LogP contribution in [-0.2, 0) is 15.3 Å². The Hall–Kier alpha value is -1.66. The van der Waals surface area contributed by atoms with Gasteiger partial charge in [-0.3, -0.25) is 4.79 Å². The van der Waals surface area contributed by atoms with E-state index in [2.05, 4.69) is 4.98 Å². The van der Waals surface area contributed by atoms with Crippen LogP contribution in [0.2, 0.25) is 0 Å². The predicted molar refractivity (Wildman–Crippen MR) is 119 cm³/mol. The molecule has 0 aliphatic heterocycles. The largest absolute Gasteiger partial charge is 0.454 e. The van der Waals surface area contributed by atoms with Gasteiger partial charge in [-0.2, -0.15) is 0 Å². The Morgan fingerprint density at radius 3 is 2.43 bits per heavy atom. The van der Waals surface area contributed by atoms with Gasteiger partial charge in [0.15, 0.2) is 12.4 Å². The van der Waals surface area contributed by atoms with Crippen LogP contribution in [0.4, 0.5) is 0 Å². The van der Waals surface area contributed by atoms with Gasteiger partial charge in [-0.1, -0.05) is 12.1 Å². The summed E-state index contributed by atoms with van der Waals surface area (Å²) in [5, 5.41) is 3.09. The zero-order chi connectivity index (χ0) is 20.7. The lowest BCUT2D eigenvalue weighted by molar-refractivity contribution is -0.147. The van der Waals surface area contributed by atoms with Gasteiger partial charge in [0.2, 0.25) is 0 Å². The van der Waals surface area contributed by atoms with E-state index in [0.29, 0.717) is 29.1 Å². The van der Waals surface area contributed by atoms with E-state index in [4.69, 9.17) is 4.74 Å². The van der Waals surface area contributed by atoms with Crippen molar-refractivity contribution >= 4 is 34.9 Å². The van der Waals surface area contributed by atoms with Gasteiger partial charge < -0.3 is 4.74 Å². The molecule has 4 aliphatic carbocycles. The first-order chi connectivity index (χ1) is 14.5. The molecule has 4 nitrogen and oxygen atoms in total. The van der Waals surface area contributed by atoms with Gasteiger partial charge in [-0.15, -0.1) is 23.1 Å².